The molecule has 0 aliphatic carbocycles. The average Bonchev–Trinajstić information content (AvgIpc) is 2.60. The number of hydrogen-bond donors (Lipinski definition) is 1. The first kappa shape index (κ1) is 22.9. The fourth-order valence-electron chi connectivity index (χ4n) is 2.08. The molecule has 130 valence electrons. The summed E-state index contributed by atoms with van der Waals surface area (Å²) in [5.41, 5.74) is -0.695. The quantitative estimate of drug-likeness (QED) is 0.894. The summed E-state index contributed by atoms with van der Waals surface area (Å²) in [4.78, 5) is 25.7. The van der Waals surface area contributed by atoms with Crippen LogP contribution in [0.3, 0.4) is 0 Å². The number of aromatic amines is 1. The molecule has 2 heterocycles. The largest absolute Gasteiger partial charge is 0.355 e. The number of hydrogen-bond acceptors (Lipinski definition) is 3. The SMILES string of the molecule is CC.CC.CC.CCC1CCCC(n2c(=O)cc[nH]c2=O)O1. The minimum atomic E-state index is -0.406. The number of nitrogens with one attached hydrogen (secondary N) is 1. The number of rotatable bonds is 2. The van der Waals surface area contributed by atoms with Crippen LogP contribution in [0.2, 0.25) is 0 Å². The maximum Gasteiger partial charge on any atom is 0.330 e. The number of ether oxygens (including phenoxy) is 1. The van der Waals surface area contributed by atoms with Crippen molar-refractivity contribution in [2.24, 2.45) is 0 Å². The van der Waals surface area contributed by atoms with E-state index in [1.54, 1.807) is 0 Å². The molecule has 0 radical (unpaired) electrons. The van der Waals surface area contributed by atoms with Gasteiger partial charge in [0, 0.05) is 12.3 Å². The molecule has 1 aromatic rings. The van der Waals surface area contributed by atoms with Gasteiger partial charge < -0.3 is 9.72 Å². The van der Waals surface area contributed by atoms with Crippen molar-refractivity contribution in [1.82, 2.24) is 9.55 Å². The molecule has 1 aliphatic rings. The van der Waals surface area contributed by atoms with Gasteiger partial charge in [0.15, 0.2) is 0 Å². The molecule has 1 saturated heterocycles. The molecule has 0 amide bonds. The Balaban J connectivity index is 0. The van der Waals surface area contributed by atoms with Gasteiger partial charge in [-0.05, 0) is 25.7 Å². The average molecular weight is 314 g/mol. The Morgan fingerprint density at radius 3 is 2.23 bits per heavy atom. The fourth-order valence-corrected chi connectivity index (χ4v) is 2.08. The van der Waals surface area contributed by atoms with Crippen LogP contribution in [0.4, 0.5) is 0 Å². The molecule has 0 saturated carbocycles. The first-order valence-corrected chi connectivity index (χ1v) is 8.68. The second-order valence-corrected chi connectivity index (χ2v) is 4.04. The Hall–Kier alpha value is -1.36. The van der Waals surface area contributed by atoms with Gasteiger partial charge in [0.2, 0.25) is 0 Å². The van der Waals surface area contributed by atoms with Crippen molar-refractivity contribution in [3.63, 3.8) is 0 Å². The number of nitrogens with zero attached hydrogens (tertiary/aromatic N) is 1. The molecule has 0 aromatic carbocycles. The van der Waals surface area contributed by atoms with Crippen LogP contribution in [0, 0.1) is 0 Å². The highest BCUT2D eigenvalue weighted by atomic mass is 16.5. The van der Waals surface area contributed by atoms with Crippen LogP contribution in [0.15, 0.2) is 21.9 Å². The Morgan fingerprint density at radius 2 is 1.73 bits per heavy atom. The highest BCUT2D eigenvalue weighted by molar-refractivity contribution is 4.85. The van der Waals surface area contributed by atoms with Crippen LogP contribution in [-0.4, -0.2) is 15.7 Å². The lowest BCUT2D eigenvalue weighted by Gasteiger charge is -2.29. The van der Waals surface area contributed by atoms with E-state index in [0.29, 0.717) is 0 Å². The topological polar surface area (TPSA) is 64.1 Å². The molecule has 5 heteroatoms. The van der Waals surface area contributed by atoms with E-state index in [1.165, 1.54) is 16.8 Å². The van der Waals surface area contributed by atoms with E-state index in [1.807, 2.05) is 48.5 Å². The third-order valence-electron chi connectivity index (χ3n) is 2.96. The summed E-state index contributed by atoms with van der Waals surface area (Å²) in [6.07, 6.45) is 4.75. The third kappa shape index (κ3) is 7.07. The third-order valence-corrected chi connectivity index (χ3v) is 2.96. The van der Waals surface area contributed by atoms with Crippen LogP contribution in [-0.2, 0) is 4.74 Å². The van der Waals surface area contributed by atoms with Crippen molar-refractivity contribution < 1.29 is 4.74 Å². The van der Waals surface area contributed by atoms with Crippen LogP contribution < -0.4 is 11.2 Å². The molecule has 1 fully saturated rings. The van der Waals surface area contributed by atoms with E-state index in [-0.39, 0.29) is 11.7 Å². The molecule has 2 atom stereocenters. The molecule has 1 aliphatic heterocycles. The van der Waals surface area contributed by atoms with Gasteiger partial charge in [0.1, 0.15) is 6.23 Å². The van der Waals surface area contributed by atoms with Gasteiger partial charge in [-0.3, -0.25) is 4.79 Å². The Labute approximate surface area is 134 Å². The van der Waals surface area contributed by atoms with Crippen LogP contribution in [0.1, 0.15) is 80.4 Å². The highest BCUT2D eigenvalue weighted by Gasteiger charge is 2.24. The molecule has 2 rings (SSSR count). The van der Waals surface area contributed by atoms with E-state index >= 15 is 0 Å². The number of aromatic nitrogens is 2. The van der Waals surface area contributed by atoms with Crippen LogP contribution in [0.5, 0.6) is 0 Å². The minimum Gasteiger partial charge on any atom is -0.355 e. The lowest BCUT2D eigenvalue weighted by atomic mass is 10.1. The van der Waals surface area contributed by atoms with E-state index in [4.69, 9.17) is 4.74 Å². The van der Waals surface area contributed by atoms with Crippen molar-refractivity contribution >= 4 is 0 Å². The van der Waals surface area contributed by atoms with Gasteiger partial charge in [0.05, 0.1) is 6.10 Å². The molecule has 1 aromatic heterocycles. The summed E-state index contributed by atoms with van der Waals surface area (Å²) in [5, 5.41) is 0. The van der Waals surface area contributed by atoms with Gasteiger partial charge in [-0.25, -0.2) is 9.36 Å². The van der Waals surface area contributed by atoms with E-state index < -0.39 is 11.9 Å². The zero-order valence-corrected chi connectivity index (χ0v) is 15.3. The predicted octanol–water partition coefficient (Wildman–Crippen LogP) is 4.09. The van der Waals surface area contributed by atoms with Gasteiger partial charge in [0.25, 0.3) is 5.56 Å². The standard InChI is InChI=1S/C11H16N2O3.3C2H6/c1-2-8-4-3-5-10(16-8)13-9(14)6-7-12-11(13)15;3*1-2/h6-8,10H,2-5H2,1H3,(H,12,15);3*1-2H3. The van der Waals surface area contributed by atoms with Crippen molar-refractivity contribution in [3.8, 4) is 0 Å². The van der Waals surface area contributed by atoms with E-state index in [0.717, 1.165) is 25.7 Å². The van der Waals surface area contributed by atoms with Crippen molar-refractivity contribution in [2.45, 2.75) is 86.5 Å². The Bertz CT molecular complexity index is 437. The summed E-state index contributed by atoms with van der Waals surface area (Å²) in [7, 11) is 0. The molecular formula is C17H34N2O3. The molecule has 5 nitrogen and oxygen atoms in total. The summed E-state index contributed by atoms with van der Waals surface area (Å²) in [6.45, 7) is 14.0. The van der Waals surface area contributed by atoms with E-state index in [2.05, 4.69) is 4.98 Å². The van der Waals surface area contributed by atoms with Crippen molar-refractivity contribution in [2.75, 3.05) is 0 Å². The second-order valence-electron chi connectivity index (χ2n) is 4.04. The molecule has 0 spiro atoms. The normalized spacial score (nSPS) is 19.4. The van der Waals surface area contributed by atoms with Crippen molar-refractivity contribution in [3.05, 3.63) is 33.1 Å². The zero-order chi connectivity index (χ0) is 17.5. The number of H-pyrrole nitrogens is 1. The minimum absolute atomic E-state index is 0.158. The summed E-state index contributed by atoms with van der Waals surface area (Å²) < 4.78 is 6.89. The monoisotopic (exact) mass is 314 g/mol. The first-order chi connectivity index (χ1) is 10.7. The van der Waals surface area contributed by atoms with Gasteiger partial charge in [-0.2, -0.15) is 0 Å². The van der Waals surface area contributed by atoms with Gasteiger partial charge in [-0.15, -0.1) is 0 Å². The summed E-state index contributed by atoms with van der Waals surface area (Å²) >= 11 is 0. The lowest BCUT2D eigenvalue weighted by Crippen LogP contribution is -2.40. The predicted molar refractivity (Wildman–Crippen MR) is 93.4 cm³/mol. The highest BCUT2D eigenvalue weighted by Crippen LogP contribution is 2.26. The molecule has 0 bridgehead atoms. The summed E-state index contributed by atoms with van der Waals surface area (Å²) in [6, 6.07) is 1.35. The maximum atomic E-state index is 11.6. The zero-order valence-electron chi connectivity index (χ0n) is 15.3. The second kappa shape index (κ2) is 14.6. The maximum absolute atomic E-state index is 11.6. The van der Waals surface area contributed by atoms with Crippen molar-refractivity contribution in [1.29, 1.82) is 0 Å². The molecule has 1 N–H and O–H groups in total. The van der Waals surface area contributed by atoms with E-state index in [9.17, 15) is 9.59 Å². The molecule has 2 unspecified atom stereocenters. The van der Waals surface area contributed by atoms with Gasteiger partial charge >= 0.3 is 5.69 Å². The fraction of sp³-hybridized carbons (Fsp3) is 0.765. The Morgan fingerprint density at radius 1 is 1.14 bits per heavy atom. The van der Waals surface area contributed by atoms with Crippen LogP contribution in [0.25, 0.3) is 0 Å². The smallest absolute Gasteiger partial charge is 0.330 e. The van der Waals surface area contributed by atoms with Crippen LogP contribution >= 0.6 is 0 Å². The van der Waals surface area contributed by atoms with Gasteiger partial charge in [-0.1, -0.05) is 48.5 Å². The Kier molecular flexibility index (Phi) is 15.2. The lowest BCUT2D eigenvalue weighted by molar-refractivity contribution is -0.0936. The molecule has 22 heavy (non-hydrogen) atoms. The molecular weight excluding hydrogens is 280 g/mol. The summed E-state index contributed by atoms with van der Waals surface area (Å²) in [5.74, 6) is 0. The first-order valence-electron chi connectivity index (χ1n) is 8.68.